The molecule has 2 bridgehead atoms. The van der Waals surface area contributed by atoms with Crippen molar-refractivity contribution in [1.82, 2.24) is 15.2 Å². The smallest absolute Gasteiger partial charge is 0.257 e. The number of fused-ring (bicyclic) bond motifs is 3. The van der Waals surface area contributed by atoms with Gasteiger partial charge in [-0.3, -0.25) is 9.59 Å². The van der Waals surface area contributed by atoms with Gasteiger partial charge < -0.3 is 15.2 Å². The zero-order valence-electron chi connectivity index (χ0n) is 11.6. The minimum absolute atomic E-state index is 0.164. The quantitative estimate of drug-likeness (QED) is 0.882. The lowest BCUT2D eigenvalue weighted by Gasteiger charge is -2.30. The molecule has 110 valence electrons. The lowest BCUT2D eigenvalue weighted by molar-refractivity contribution is 0.0908. The highest BCUT2D eigenvalue weighted by atomic mass is 32.1. The summed E-state index contributed by atoms with van der Waals surface area (Å²) in [5, 5.41) is 4.90. The summed E-state index contributed by atoms with van der Waals surface area (Å²) in [6.07, 6.45) is 3.79. The lowest BCUT2D eigenvalue weighted by Crippen LogP contribution is -2.47. The minimum Gasteiger partial charge on any atom is -0.359 e. The van der Waals surface area contributed by atoms with E-state index < -0.39 is 0 Å². The van der Waals surface area contributed by atoms with E-state index in [4.69, 9.17) is 0 Å². The molecule has 0 saturated carbocycles. The molecule has 0 aromatic carbocycles. The van der Waals surface area contributed by atoms with Gasteiger partial charge in [0.1, 0.15) is 5.56 Å². The second-order valence-electron chi connectivity index (χ2n) is 6.02. The third-order valence-corrected chi connectivity index (χ3v) is 5.45. The normalized spacial score (nSPS) is 27.9. The molecule has 5 nitrogen and oxygen atoms in total. The van der Waals surface area contributed by atoms with Crippen LogP contribution in [0.4, 0.5) is 0 Å². The van der Waals surface area contributed by atoms with Crippen LogP contribution in [-0.2, 0) is 0 Å². The van der Waals surface area contributed by atoms with E-state index in [0.717, 1.165) is 31.6 Å². The van der Waals surface area contributed by atoms with Crippen LogP contribution in [0.1, 0.15) is 23.2 Å². The number of thiophene rings is 1. The Hall–Kier alpha value is -1.66. The molecular formula is C15H17N3O2S. The summed E-state index contributed by atoms with van der Waals surface area (Å²) in [7, 11) is 0. The van der Waals surface area contributed by atoms with Crippen molar-refractivity contribution in [2.75, 3.05) is 19.6 Å². The van der Waals surface area contributed by atoms with Crippen LogP contribution in [0.5, 0.6) is 0 Å². The van der Waals surface area contributed by atoms with Crippen molar-refractivity contribution in [2.24, 2.45) is 5.92 Å². The predicted molar refractivity (Wildman–Crippen MR) is 82.9 cm³/mol. The topological polar surface area (TPSA) is 65.2 Å². The minimum atomic E-state index is -0.251. The molecule has 2 aromatic heterocycles. The van der Waals surface area contributed by atoms with Crippen molar-refractivity contribution < 1.29 is 4.79 Å². The lowest BCUT2D eigenvalue weighted by atomic mass is 9.96. The first kappa shape index (κ1) is 13.0. The number of carbonyl (C=O) groups excluding carboxylic acids is 1. The maximum atomic E-state index is 12.4. The van der Waals surface area contributed by atoms with Gasteiger partial charge in [0, 0.05) is 25.3 Å². The van der Waals surface area contributed by atoms with E-state index in [9.17, 15) is 9.59 Å². The Labute approximate surface area is 126 Å². The van der Waals surface area contributed by atoms with Crippen molar-refractivity contribution in [3.63, 3.8) is 0 Å². The van der Waals surface area contributed by atoms with Crippen LogP contribution in [0.25, 0.3) is 10.2 Å². The summed E-state index contributed by atoms with van der Waals surface area (Å²) in [5.41, 5.74) is 0.844. The molecule has 2 aromatic rings. The monoisotopic (exact) mass is 303 g/mol. The van der Waals surface area contributed by atoms with E-state index in [1.54, 1.807) is 0 Å². The molecule has 21 heavy (non-hydrogen) atoms. The number of hydrogen-bond acceptors (Lipinski definition) is 4. The Morgan fingerprint density at radius 1 is 1.43 bits per heavy atom. The molecule has 0 aliphatic carbocycles. The van der Waals surface area contributed by atoms with Crippen molar-refractivity contribution in [3.05, 3.63) is 33.4 Å². The Balaban J connectivity index is 1.56. The largest absolute Gasteiger partial charge is 0.359 e. The maximum Gasteiger partial charge on any atom is 0.257 e. The summed E-state index contributed by atoms with van der Waals surface area (Å²) < 4.78 is 0.620. The first-order valence-electron chi connectivity index (χ1n) is 7.33. The fourth-order valence-corrected chi connectivity index (χ4v) is 4.34. The van der Waals surface area contributed by atoms with Gasteiger partial charge in [0.25, 0.3) is 5.91 Å². The summed E-state index contributed by atoms with van der Waals surface area (Å²) >= 11 is 1.37. The van der Waals surface area contributed by atoms with E-state index >= 15 is 0 Å². The molecule has 2 saturated heterocycles. The van der Waals surface area contributed by atoms with Crippen molar-refractivity contribution in [3.8, 4) is 0 Å². The number of nitrogens with one attached hydrogen (secondary N) is 2. The molecule has 0 radical (unpaired) electrons. The zero-order valence-corrected chi connectivity index (χ0v) is 12.4. The third kappa shape index (κ3) is 2.28. The fourth-order valence-electron chi connectivity index (χ4n) is 3.53. The number of aromatic amines is 1. The van der Waals surface area contributed by atoms with Gasteiger partial charge >= 0.3 is 0 Å². The van der Waals surface area contributed by atoms with Crippen LogP contribution in [-0.4, -0.2) is 41.5 Å². The molecule has 2 aliphatic heterocycles. The molecule has 4 rings (SSSR count). The molecule has 2 aliphatic rings. The van der Waals surface area contributed by atoms with E-state index in [-0.39, 0.29) is 22.9 Å². The van der Waals surface area contributed by atoms with Crippen LogP contribution in [0.2, 0.25) is 0 Å². The molecule has 2 fully saturated rings. The number of H-pyrrole nitrogens is 1. The summed E-state index contributed by atoms with van der Waals surface area (Å²) in [5.74, 6) is 0.446. The standard InChI is InChI=1S/C15H17N3O2S/c19-13-11(6-16-12-2-4-21-14(12)13)15(20)17-10-5-9-1-3-18(7-9)8-10/h2,4,6,9-10H,1,3,5,7-8H2,(H,16,19)(H,17,20)/t9?,10-/m0/s1. The number of aromatic nitrogens is 1. The van der Waals surface area contributed by atoms with Crippen molar-refractivity contribution in [1.29, 1.82) is 0 Å². The predicted octanol–water partition coefficient (Wildman–Crippen LogP) is 1.41. The summed E-state index contributed by atoms with van der Waals surface area (Å²) in [6.45, 7) is 3.20. The Morgan fingerprint density at radius 2 is 2.33 bits per heavy atom. The number of carbonyl (C=O) groups is 1. The molecule has 0 spiro atoms. The van der Waals surface area contributed by atoms with E-state index in [1.807, 2.05) is 11.4 Å². The van der Waals surface area contributed by atoms with Gasteiger partial charge in [-0.2, -0.15) is 0 Å². The number of nitrogens with zero attached hydrogens (tertiary/aromatic N) is 1. The molecule has 4 heterocycles. The van der Waals surface area contributed by atoms with E-state index in [0.29, 0.717) is 10.6 Å². The third-order valence-electron chi connectivity index (χ3n) is 4.53. The zero-order chi connectivity index (χ0) is 14.4. The van der Waals surface area contributed by atoms with Crippen molar-refractivity contribution in [2.45, 2.75) is 18.9 Å². The van der Waals surface area contributed by atoms with Gasteiger partial charge in [0.15, 0.2) is 0 Å². The van der Waals surface area contributed by atoms with Crippen LogP contribution >= 0.6 is 11.3 Å². The Morgan fingerprint density at radius 3 is 3.19 bits per heavy atom. The maximum absolute atomic E-state index is 12.4. The molecule has 2 N–H and O–H groups in total. The van der Waals surface area contributed by atoms with Gasteiger partial charge in [-0.15, -0.1) is 11.3 Å². The van der Waals surface area contributed by atoms with Gasteiger partial charge in [0.05, 0.1) is 10.2 Å². The van der Waals surface area contributed by atoms with Gasteiger partial charge in [-0.1, -0.05) is 0 Å². The van der Waals surface area contributed by atoms with E-state index in [1.165, 1.54) is 24.0 Å². The molecule has 2 unspecified atom stereocenters. The first-order valence-corrected chi connectivity index (χ1v) is 8.21. The fraction of sp³-hybridized carbons (Fsp3) is 0.467. The van der Waals surface area contributed by atoms with Gasteiger partial charge in [0.2, 0.25) is 5.43 Å². The average molecular weight is 303 g/mol. The summed E-state index contributed by atoms with van der Waals surface area (Å²) in [6, 6.07) is 2.02. The van der Waals surface area contributed by atoms with Crippen molar-refractivity contribution >= 4 is 27.5 Å². The number of rotatable bonds is 2. The SMILES string of the molecule is O=C(N[C@H]1CC2CCN(C2)C1)c1c[nH]c2ccsc2c1=O. The molecular weight excluding hydrogens is 286 g/mol. The second-order valence-corrected chi connectivity index (χ2v) is 6.93. The number of pyridine rings is 1. The Bertz CT molecular complexity index is 739. The van der Waals surface area contributed by atoms with Gasteiger partial charge in [-0.25, -0.2) is 0 Å². The number of amides is 1. The highest BCUT2D eigenvalue weighted by Crippen LogP contribution is 2.26. The van der Waals surface area contributed by atoms with E-state index in [2.05, 4.69) is 15.2 Å². The van der Waals surface area contributed by atoms with Crippen LogP contribution in [0, 0.1) is 5.92 Å². The summed E-state index contributed by atoms with van der Waals surface area (Å²) in [4.78, 5) is 30.1. The van der Waals surface area contributed by atoms with Gasteiger partial charge in [-0.05, 0) is 36.8 Å². The molecule has 3 atom stereocenters. The highest BCUT2D eigenvalue weighted by Gasteiger charge is 2.33. The molecule has 6 heteroatoms. The second kappa shape index (κ2) is 4.96. The van der Waals surface area contributed by atoms with Crippen LogP contribution in [0.3, 0.4) is 0 Å². The Kier molecular flexibility index (Phi) is 3.08. The van der Waals surface area contributed by atoms with Crippen LogP contribution < -0.4 is 10.7 Å². The number of piperidine rings is 1. The van der Waals surface area contributed by atoms with Crippen LogP contribution in [0.15, 0.2) is 22.4 Å². The average Bonchev–Trinajstić information content (AvgIpc) is 3.06. The molecule has 1 amide bonds. The highest BCUT2D eigenvalue weighted by molar-refractivity contribution is 7.17. The number of hydrogen-bond donors (Lipinski definition) is 2. The first-order chi connectivity index (χ1) is 10.2.